The number of amides is 1. The lowest BCUT2D eigenvalue weighted by Crippen LogP contribution is -2.29. The fourth-order valence-corrected chi connectivity index (χ4v) is 4.83. The van der Waals surface area contributed by atoms with Gasteiger partial charge in [0.15, 0.2) is 5.17 Å². The molecule has 1 N–H and O–H groups in total. The Balaban J connectivity index is 2.03. The van der Waals surface area contributed by atoms with Gasteiger partial charge in [0, 0.05) is 24.2 Å². The Bertz CT molecular complexity index is 1230. The summed E-state index contributed by atoms with van der Waals surface area (Å²) in [6, 6.07) is 9.51. The van der Waals surface area contributed by atoms with Gasteiger partial charge in [-0.15, -0.1) is 11.0 Å². The number of sulfonamides is 1. The molecule has 0 aromatic heterocycles. The third kappa shape index (κ3) is 4.84. The minimum Gasteiger partial charge on any atom is -0.507 e. The zero-order chi connectivity index (χ0) is 22.8. The van der Waals surface area contributed by atoms with Crippen molar-refractivity contribution in [3.63, 3.8) is 0 Å². The lowest BCUT2D eigenvalue weighted by molar-refractivity contribution is -0.384. The standard InChI is InChI=1S/C20H17N3O6S2/c1-3-10-22-19(25)18(12-14-11-15(23(26)27)6-9-17(14)24)30-20(22)21-31(28,29)16-7-4-13(2)5-8-16/h3-9,11-12,24H,1,10H2,2H3. The summed E-state index contributed by atoms with van der Waals surface area (Å²) in [5, 5.41) is 20.9. The van der Waals surface area contributed by atoms with Gasteiger partial charge in [-0.25, -0.2) is 0 Å². The number of hydrogen-bond acceptors (Lipinski definition) is 7. The number of hydrogen-bond donors (Lipinski definition) is 1. The molecule has 31 heavy (non-hydrogen) atoms. The lowest BCUT2D eigenvalue weighted by Gasteiger charge is -2.12. The van der Waals surface area contributed by atoms with Gasteiger partial charge >= 0.3 is 0 Å². The molecule has 0 radical (unpaired) electrons. The number of carbonyl (C=O) groups excluding carboxylic acids is 1. The summed E-state index contributed by atoms with van der Waals surface area (Å²) in [5.41, 5.74) is 0.664. The minimum absolute atomic E-state index is 0.00629. The molecule has 1 heterocycles. The number of non-ortho nitro benzene ring substituents is 1. The molecular weight excluding hydrogens is 442 g/mol. The van der Waals surface area contributed by atoms with Crippen LogP contribution in [-0.4, -0.2) is 41.0 Å². The molecule has 0 aliphatic carbocycles. The second-order valence-electron chi connectivity index (χ2n) is 6.48. The van der Waals surface area contributed by atoms with Crippen LogP contribution in [0.3, 0.4) is 0 Å². The quantitative estimate of drug-likeness (QED) is 0.303. The fourth-order valence-electron chi connectivity index (χ4n) is 2.64. The van der Waals surface area contributed by atoms with Crippen LogP contribution >= 0.6 is 11.8 Å². The Kier molecular flexibility index (Phi) is 6.27. The molecule has 0 atom stereocenters. The highest BCUT2D eigenvalue weighted by atomic mass is 32.2. The average Bonchev–Trinajstić information content (AvgIpc) is 2.98. The van der Waals surface area contributed by atoms with Crippen molar-refractivity contribution in [2.24, 2.45) is 4.40 Å². The average molecular weight is 460 g/mol. The molecule has 0 spiro atoms. The maximum absolute atomic E-state index is 12.8. The van der Waals surface area contributed by atoms with E-state index in [2.05, 4.69) is 11.0 Å². The normalized spacial score (nSPS) is 16.8. The van der Waals surface area contributed by atoms with Crippen molar-refractivity contribution < 1.29 is 23.2 Å². The highest BCUT2D eigenvalue weighted by molar-refractivity contribution is 8.19. The molecule has 0 bridgehead atoms. The monoisotopic (exact) mass is 459 g/mol. The van der Waals surface area contributed by atoms with Gasteiger partial charge in [-0.05, 0) is 43.0 Å². The molecule has 1 saturated heterocycles. The summed E-state index contributed by atoms with van der Waals surface area (Å²) in [4.78, 5) is 24.3. The molecule has 2 aromatic rings. The number of nitro groups is 1. The number of rotatable bonds is 6. The molecule has 1 fully saturated rings. The van der Waals surface area contributed by atoms with Crippen molar-refractivity contribution >= 4 is 44.6 Å². The van der Waals surface area contributed by atoms with Crippen LogP contribution in [0.4, 0.5) is 5.69 Å². The second kappa shape index (κ2) is 8.74. The van der Waals surface area contributed by atoms with E-state index in [1.54, 1.807) is 12.1 Å². The Morgan fingerprint density at radius 1 is 1.26 bits per heavy atom. The van der Waals surface area contributed by atoms with E-state index in [4.69, 9.17) is 0 Å². The van der Waals surface area contributed by atoms with Crippen LogP contribution in [0.5, 0.6) is 5.75 Å². The van der Waals surface area contributed by atoms with Gasteiger partial charge in [-0.3, -0.25) is 19.8 Å². The molecule has 1 aliphatic heterocycles. The first-order chi connectivity index (χ1) is 14.6. The summed E-state index contributed by atoms with van der Waals surface area (Å²) in [7, 11) is -4.08. The van der Waals surface area contributed by atoms with Gasteiger partial charge in [-0.2, -0.15) is 8.42 Å². The third-order valence-corrected chi connectivity index (χ3v) is 6.63. The van der Waals surface area contributed by atoms with Crippen molar-refractivity contribution in [3.05, 3.63) is 81.3 Å². The van der Waals surface area contributed by atoms with Crippen molar-refractivity contribution in [2.45, 2.75) is 11.8 Å². The molecule has 2 aromatic carbocycles. The van der Waals surface area contributed by atoms with Crippen molar-refractivity contribution in [2.75, 3.05) is 6.54 Å². The van der Waals surface area contributed by atoms with Gasteiger partial charge in [0.05, 0.1) is 14.7 Å². The Labute approximate surface area is 182 Å². The van der Waals surface area contributed by atoms with Crippen molar-refractivity contribution in [1.29, 1.82) is 0 Å². The number of nitrogens with zero attached hydrogens (tertiary/aromatic N) is 3. The molecule has 160 valence electrons. The minimum atomic E-state index is -4.08. The predicted molar refractivity (Wildman–Crippen MR) is 118 cm³/mol. The summed E-state index contributed by atoms with van der Waals surface area (Å²) >= 11 is 0.789. The number of aryl methyl sites for hydroxylation is 1. The number of phenols is 1. The Hall–Kier alpha value is -3.44. The van der Waals surface area contributed by atoms with Crippen LogP contribution in [0.2, 0.25) is 0 Å². The Morgan fingerprint density at radius 3 is 2.55 bits per heavy atom. The number of phenolic OH excluding ortho intramolecular Hbond substituents is 1. The highest BCUT2D eigenvalue weighted by Gasteiger charge is 2.34. The number of thioether (sulfide) groups is 1. The van der Waals surface area contributed by atoms with E-state index < -0.39 is 20.9 Å². The summed E-state index contributed by atoms with van der Waals surface area (Å²) < 4.78 is 29.2. The maximum Gasteiger partial charge on any atom is 0.284 e. The van der Waals surface area contributed by atoms with Gasteiger partial charge < -0.3 is 5.11 Å². The Morgan fingerprint density at radius 2 is 1.94 bits per heavy atom. The first kappa shape index (κ1) is 22.2. The fraction of sp³-hybridized carbons (Fsp3) is 0.100. The number of benzene rings is 2. The molecule has 1 aliphatic rings. The summed E-state index contributed by atoms with van der Waals surface area (Å²) in [6.45, 7) is 5.40. The van der Waals surface area contributed by atoms with Crippen LogP contribution in [0.25, 0.3) is 6.08 Å². The lowest BCUT2D eigenvalue weighted by atomic mass is 10.1. The van der Waals surface area contributed by atoms with Gasteiger partial charge in [0.25, 0.3) is 21.6 Å². The maximum atomic E-state index is 12.8. The van der Waals surface area contributed by atoms with E-state index in [0.29, 0.717) is 0 Å². The van der Waals surface area contributed by atoms with Crippen molar-refractivity contribution in [1.82, 2.24) is 4.90 Å². The van der Waals surface area contributed by atoms with Crippen LogP contribution in [0.15, 0.2) is 69.3 Å². The number of aromatic hydroxyl groups is 1. The van der Waals surface area contributed by atoms with Gasteiger partial charge in [-0.1, -0.05) is 23.8 Å². The number of carbonyl (C=O) groups is 1. The van der Waals surface area contributed by atoms with Gasteiger partial charge in [0.2, 0.25) is 0 Å². The number of nitro benzene ring substituents is 1. The SMILES string of the molecule is C=CCN1C(=O)C(=Cc2cc([N+](=O)[O-])ccc2O)SC1=NS(=O)(=O)c1ccc(C)cc1. The molecule has 0 saturated carbocycles. The summed E-state index contributed by atoms with van der Waals surface area (Å²) in [6.07, 6.45) is 2.67. The van der Waals surface area contributed by atoms with Crippen LogP contribution in [0, 0.1) is 17.0 Å². The van der Waals surface area contributed by atoms with Crippen LogP contribution < -0.4 is 0 Å². The van der Waals surface area contributed by atoms with E-state index in [0.717, 1.165) is 40.4 Å². The van der Waals surface area contributed by atoms with Crippen LogP contribution in [0.1, 0.15) is 11.1 Å². The molecule has 11 heteroatoms. The zero-order valence-corrected chi connectivity index (χ0v) is 17.9. The van der Waals surface area contributed by atoms with E-state index >= 15 is 0 Å². The molecule has 3 rings (SSSR count). The first-order valence-corrected chi connectivity index (χ1v) is 11.1. The molecule has 0 unspecified atom stereocenters. The smallest absolute Gasteiger partial charge is 0.284 e. The molecular formula is C20H17N3O6S2. The van der Waals surface area contributed by atoms with Crippen molar-refractivity contribution in [3.8, 4) is 5.75 Å². The third-order valence-electron chi connectivity index (χ3n) is 4.23. The second-order valence-corrected chi connectivity index (χ2v) is 9.09. The first-order valence-electron chi connectivity index (χ1n) is 8.84. The van der Waals surface area contributed by atoms with E-state index in [1.807, 2.05) is 6.92 Å². The van der Waals surface area contributed by atoms with E-state index in [-0.39, 0.29) is 38.5 Å². The largest absolute Gasteiger partial charge is 0.507 e. The molecule has 1 amide bonds. The van der Waals surface area contributed by atoms with Crippen LogP contribution in [-0.2, 0) is 14.8 Å². The highest BCUT2D eigenvalue weighted by Crippen LogP contribution is 2.35. The summed E-state index contributed by atoms with van der Waals surface area (Å²) in [5.74, 6) is -0.826. The predicted octanol–water partition coefficient (Wildman–Crippen LogP) is 3.46. The molecule has 9 nitrogen and oxygen atoms in total. The zero-order valence-electron chi connectivity index (χ0n) is 16.3. The van der Waals surface area contributed by atoms with E-state index in [1.165, 1.54) is 24.3 Å². The van der Waals surface area contributed by atoms with E-state index in [9.17, 15) is 28.4 Å². The van der Waals surface area contributed by atoms with Gasteiger partial charge in [0.1, 0.15) is 5.75 Å². The topological polar surface area (TPSA) is 130 Å². The number of amidine groups is 1.